The van der Waals surface area contributed by atoms with E-state index in [4.69, 9.17) is 0 Å². The second-order valence-electron chi connectivity index (χ2n) is 7.04. The molecule has 0 radical (unpaired) electrons. The standard InChI is InChI=1S/C18H25FN2O2/c1-11-6-9-13-14(4-3-5-15(13)19)17(11)20-18(23)21(2)10-16(22)12-7-8-12/h3-5,11-12,16-17,22H,6-10H2,1-2H3,(H,20,23)/t11-,16+,17+/m1/s1. The maximum atomic E-state index is 14.0. The second kappa shape index (κ2) is 6.48. The van der Waals surface area contributed by atoms with Crippen LogP contribution in [0.2, 0.25) is 0 Å². The number of benzene rings is 1. The van der Waals surface area contributed by atoms with Crippen molar-refractivity contribution in [2.24, 2.45) is 11.8 Å². The molecule has 2 N–H and O–H groups in total. The Kier molecular flexibility index (Phi) is 4.57. The van der Waals surface area contributed by atoms with Crippen molar-refractivity contribution >= 4 is 6.03 Å². The smallest absolute Gasteiger partial charge is 0.317 e. The zero-order chi connectivity index (χ0) is 16.6. The van der Waals surface area contributed by atoms with E-state index < -0.39 is 6.10 Å². The van der Waals surface area contributed by atoms with Gasteiger partial charge in [0.25, 0.3) is 0 Å². The number of hydrogen-bond donors (Lipinski definition) is 2. The van der Waals surface area contributed by atoms with Crippen LogP contribution in [-0.4, -0.2) is 35.7 Å². The van der Waals surface area contributed by atoms with E-state index in [0.29, 0.717) is 18.9 Å². The van der Waals surface area contributed by atoms with Gasteiger partial charge in [0.2, 0.25) is 0 Å². The van der Waals surface area contributed by atoms with Crippen LogP contribution in [0.15, 0.2) is 18.2 Å². The molecule has 23 heavy (non-hydrogen) atoms. The molecule has 0 saturated heterocycles. The fraction of sp³-hybridized carbons (Fsp3) is 0.611. The molecule has 0 aliphatic heterocycles. The predicted octanol–water partition coefficient (Wildman–Crippen LogP) is 2.86. The predicted molar refractivity (Wildman–Crippen MR) is 86.5 cm³/mol. The number of aliphatic hydroxyl groups is 1. The molecule has 0 heterocycles. The molecule has 1 aromatic rings. The number of nitrogens with zero attached hydrogens (tertiary/aromatic N) is 1. The molecule has 2 aliphatic carbocycles. The minimum Gasteiger partial charge on any atom is -0.391 e. The van der Waals surface area contributed by atoms with E-state index in [-0.39, 0.29) is 23.8 Å². The summed E-state index contributed by atoms with van der Waals surface area (Å²) in [4.78, 5) is 14.0. The summed E-state index contributed by atoms with van der Waals surface area (Å²) in [5.74, 6) is 0.412. The van der Waals surface area contributed by atoms with Gasteiger partial charge in [0.1, 0.15) is 5.82 Å². The first-order valence-electron chi connectivity index (χ1n) is 8.44. The van der Waals surface area contributed by atoms with Crippen molar-refractivity contribution in [2.45, 2.75) is 44.8 Å². The minimum absolute atomic E-state index is 0.178. The topological polar surface area (TPSA) is 52.6 Å². The van der Waals surface area contributed by atoms with Crippen LogP contribution in [0.5, 0.6) is 0 Å². The Morgan fingerprint density at radius 2 is 2.17 bits per heavy atom. The quantitative estimate of drug-likeness (QED) is 0.896. The number of amides is 2. The summed E-state index contributed by atoms with van der Waals surface area (Å²) >= 11 is 0. The molecule has 1 fully saturated rings. The number of carbonyl (C=O) groups is 1. The van der Waals surface area contributed by atoms with Gasteiger partial charge in [0.15, 0.2) is 0 Å². The summed E-state index contributed by atoms with van der Waals surface area (Å²) < 4.78 is 14.0. The summed E-state index contributed by atoms with van der Waals surface area (Å²) in [6.07, 6.45) is 3.21. The maximum absolute atomic E-state index is 14.0. The molecule has 2 aliphatic rings. The lowest BCUT2D eigenvalue weighted by Crippen LogP contribution is -2.45. The third kappa shape index (κ3) is 3.50. The average molecular weight is 320 g/mol. The molecule has 126 valence electrons. The highest BCUT2D eigenvalue weighted by atomic mass is 19.1. The van der Waals surface area contributed by atoms with Gasteiger partial charge in [-0.1, -0.05) is 19.1 Å². The Morgan fingerprint density at radius 3 is 2.87 bits per heavy atom. The maximum Gasteiger partial charge on any atom is 0.317 e. The number of nitrogens with one attached hydrogen (secondary N) is 1. The Balaban J connectivity index is 1.69. The summed E-state index contributed by atoms with van der Waals surface area (Å²) in [6.45, 7) is 2.42. The first kappa shape index (κ1) is 16.2. The molecule has 2 amide bonds. The lowest BCUT2D eigenvalue weighted by Gasteiger charge is -2.33. The number of urea groups is 1. The van der Waals surface area contributed by atoms with E-state index >= 15 is 0 Å². The summed E-state index contributed by atoms with van der Waals surface area (Å²) in [5, 5.41) is 13.0. The first-order valence-corrected chi connectivity index (χ1v) is 8.44. The monoisotopic (exact) mass is 320 g/mol. The number of halogens is 1. The summed E-state index contributed by atoms with van der Waals surface area (Å²) in [6, 6.07) is 4.69. The van der Waals surface area contributed by atoms with Gasteiger partial charge in [-0.05, 0) is 54.7 Å². The number of carbonyl (C=O) groups excluding carboxylic acids is 1. The van der Waals surface area contributed by atoms with E-state index in [2.05, 4.69) is 12.2 Å². The van der Waals surface area contributed by atoms with Crippen LogP contribution in [0.3, 0.4) is 0 Å². The van der Waals surface area contributed by atoms with Gasteiger partial charge in [0, 0.05) is 13.6 Å². The lowest BCUT2D eigenvalue weighted by atomic mass is 9.80. The third-order valence-corrected chi connectivity index (χ3v) is 5.16. The molecule has 3 atom stereocenters. The number of hydrogen-bond acceptors (Lipinski definition) is 2. The van der Waals surface area contributed by atoms with Crippen LogP contribution in [0.1, 0.15) is 43.4 Å². The molecule has 1 saturated carbocycles. The molecule has 0 spiro atoms. The largest absolute Gasteiger partial charge is 0.391 e. The Hall–Kier alpha value is -1.62. The highest BCUT2D eigenvalue weighted by Gasteiger charge is 2.33. The first-order chi connectivity index (χ1) is 11.0. The van der Waals surface area contributed by atoms with Gasteiger partial charge >= 0.3 is 6.03 Å². The van der Waals surface area contributed by atoms with Crippen molar-refractivity contribution in [3.8, 4) is 0 Å². The fourth-order valence-electron chi connectivity index (χ4n) is 3.43. The van der Waals surface area contributed by atoms with Gasteiger partial charge in [-0.15, -0.1) is 0 Å². The number of aliphatic hydroxyl groups excluding tert-OH is 1. The van der Waals surface area contributed by atoms with Crippen LogP contribution in [0, 0.1) is 17.7 Å². The van der Waals surface area contributed by atoms with E-state index in [9.17, 15) is 14.3 Å². The highest BCUT2D eigenvalue weighted by molar-refractivity contribution is 5.74. The molecule has 1 aromatic carbocycles. The van der Waals surface area contributed by atoms with Gasteiger partial charge in [-0.25, -0.2) is 9.18 Å². The van der Waals surface area contributed by atoms with Gasteiger partial charge in [-0.3, -0.25) is 0 Å². The van der Waals surface area contributed by atoms with Crippen molar-refractivity contribution in [3.05, 3.63) is 35.1 Å². The van der Waals surface area contributed by atoms with Gasteiger partial charge < -0.3 is 15.3 Å². The highest BCUT2D eigenvalue weighted by Crippen LogP contribution is 2.36. The zero-order valence-corrected chi connectivity index (χ0v) is 13.8. The van der Waals surface area contributed by atoms with Crippen LogP contribution in [0.25, 0.3) is 0 Å². The minimum atomic E-state index is -0.445. The third-order valence-electron chi connectivity index (χ3n) is 5.16. The van der Waals surface area contributed by atoms with Crippen LogP contribution in [0.4, 0.5) is 9.18 Å². The van der Waals surface area contributed by atoms with E-state index in [0.717, 1.165) is 30.4 Å². The molecule has 3 rings (SSSR count). The molecule has 0 bridgehead atoms. The normalized spacial score (nSPS) is 24.7. The van der Waals surface area contributed by atoms with E-state index in [1.807, 2.05) is 6.07 Å². The fourth-order valence-corrected chi connectivity index (χ4v) is 3.43. The van der Waals surface area contributed by atoms with Crippen molar-refractivity contribution in [3.63, 3.8) is 0 Å². The molecule has 0 aromatic heterocycles. The Bertz CT molecular complexity index is 588. The lowest BCUT2D eigenvalue weighted by molar-refractivity contribution is 0.111. The zero-order valence-electron chi connectivity index (χ0n) is 13.8. The van der Waals surface area contributed by atoms with Gasteiger partial charge in [-0.2, -0.15) is 0 Å². The van der Waals surface area contributed by atoms with Crippen molar-refractivity contribution in [2.75, 3.05) is 13.6 Å². The summed E-state index contributed by atoms with van der Waals surface area (Å²) in [5.41, 5.74) is 1.60. The number of likely N-dealkylation sites (N-methyl/N-ethyl adjacent to an activating group) is 1. The molecular weight excluding hydrogens is 295 g/mol. The van der Waals surface area contributed by atoms with Crippen LogP contribution >= 0.6 is 0 Å². The van der Waals surface area contributed by atoms with E-state index in [1.54, 1.807) is 13.1 Å². The van der Waals surface area contributed by atoms with Crippen molar-refractivity contribution in [1.82, 2.24) is 10.2 Å². The van der Waals surface area contributed by atoms with Crippen molar-refractivity contribution < 1.29 is 14.3 Å². The van der Waals surface area contributed by atoms with Crippen molar-refractivity contribution in [1.29, 1.82) is 0 Å². The van der Waals surface area contributed by atoms with Crippen LogP contribution in [-0.2, 0) is 6.42 Å². The van der Waals surface area contributed by atoms with E-state index in [1.165, 1.54) is 11.0 Å². The molecule has 4 nitrogen and oxygen atoms in total. The Morgan fingerprint density at radius 1 is 1.43 bits per heavy atom. The average Bonchev–Trinajstić information content (AvgIpc) is 3.35. The Labute approximate surface area is 136 Å². The number of fused-ring (bicyclic) bond motifs is 1. The SMILES string of the molecule is C[C@@H]1CCc2c(F)cccc2[C@H]1NC(=O)N(C)C[C@H](O)C1CC1. The van der Waals surface area contributed by atoms with Crippen LogP contribution < -0.4 is 5.32 Å². The molecule has 5 heteroatoms. The molecule has 0 unspecified atom stereocenters. The molecular formula is C18H25FN2O2. The summed E-state index contributed by atoms with van der Waals surface area (Å²) in [7, 11) is 1.70. The number of rotatable bonds is 4. The van der Waals surface area contributed by atoms with Gasteiger partial charge in [0.05, 0.1) is 12.1 Å². The second-order valence-corrected chi connectivity index (χ2v) is 7.04.